The van der Waals surface area contributed by atoms with Crippen LogP contribution in [-0.4, -0.2) is 46.0 Å². The monoisotopic (exact) mass is 417 g/mol. The molecule has 0 radical (unpaired) electrons. The van der Waals surface area contributed by atoms with E-state index in [1.807, 2.05) is 60.3 Å². The van der Waals surface area contributed by atoms with Gasteiger partial charge in [0.2, 0.25) is 5.95 Å². The minimum atomic E-state index is 0.0864. The van der Waals surface area contributed by atoms with E-state index in [9.17, 15) is 4.79 Å². The van der Waals surface area contributed by atoms with Crippen molar-refractivity contribution in [3.05, 3.63) is 71.4 Å². The number of carbonyl (C=O) groups is 1. The van der Waals surface area contributed by atoms with E-state index in [1.165, 1.54) is 11.3 Å². The van der Waals surface area contributed by atoms with Gasteiger partial charge in [0, 0.05) is 38.7 Å². The minimum absolute atomic E-state index is 0.0864. The van der Waals surface area contributed by atoms with E-state index in [2.05, 4.69) is 21.7 Å². The van der Waals surface area contributed by atoms with E-state index in [-0.39, 0.29) is 11.9 Å². The van der Waals surface area contributed by atoms with Gasteiger partial charge in [-0.3, -0.25) is 14.3 Å². The predicted molar refractivity (Wildman–Crippen MR) is 121 cm³/mol. The fourth-order valence-electron chi connectivity index (χ4n) is 4.16. The van der Waals surface area contributed by atoms with Gasteiger partial charge in [0.05, 0.1) is 10.9 Å². The normalized spacial score (nSPS) is 16.3. The second-order valence-corrected chi connectivity index (χ2v) is 8.75. The third kappa shape index (κ3) is 3.15. The van der Waals surface area contributed by atoms with Crippen LogP contribution in [-0.2, 0) is 0 Å². The smallest absolute Gasteiger partial charge is 0.264 e. The molecule has 1 aliphatic rings. The van der Waals surface area contributed by atoms with Crippen molar-refractivity contribution in [3.63, 3.8) is 0 Å². The van der Waals surface area contributed by atoms with Gasteiger partial charge in [-0.15, -0.1) is 11.3 Å². The second-order valence-electron chi connectivity index (χ2n) is 7.72. The summed E-state index contributed by atoms with van der Waals surface area (Å²) in [6, 6.07) is 16.2. The van der Waals surface area contributed by atoms with Gasteiger partial charge in [-0.1, -0.05) is 18.2 Å². The molecule has 6 nitrogen and oxygen atoms in total. The minimum Gasteiger partial charge on any atom is -0.348 e. The predicted octanol–water partition coefficient (Wildman–Crippen LogP) is 4.53. The molecule has 0 bridgehead atoms. The highest BCUT2D eigenvalue weighted by molar-refractivity contribution is 7.20. The number of para-hydroxylation sites is 1. The van der Waals surface area contributed by atoms with E-state index in [1.54, 1.807) is 12.4 Å². The Morgan fingerprint density at radius 1 is 1.13 bits per heavy atom. The number of imidazole rings is 1. The van der Waals surface area contributed by atoms with Gasteiger partial charge in [-0.2, -0.15) is 0 Å². The Kier molecular flexibility index (Phi) is 4.75. The van der Waals surface area contributed by atoms with Crippen molar-refractivity contribution in [2.75, 3.05) is 25.5 Å². The molecule has 0 spiro atoms. The van der Waals surface area contributed by atoms with E-state index in [0.717, 1.165) is 51.8 Å². The summed E-state index contributed by atoms with van der Waals surface area (Å²) >= 11 is 1.52. The van der Waals surface area contributed by atoms with Crippen LogP contribution in [0.5, 0.6) is 0 Å². The Bertz CT molecular complexity index is 1180. The first-order valence-electron chi connectivity index (χ1n) is 10.1. The summed E-state index contributed by atoms with van der Waals surface area (Å²) in [6.45, 7) is 0.781. The van der Waals surface area contributed by atoms with Crippen molar-refractivity contribution in [2.45, 2.75) is 18.9 Å². The van der Waals surface area contributed by atoms with E-state index < -0.39 is 0 Å². The van der Waals surface area contributed by atoms with Gasteiger partial charge in [-0.25, -0.2) is 4.98 Å². The summed E-state index contributed by atoms with van der Waals surface area (Å²) in [7, 11) is 3.97. The number of thiophene rings is 1. The van der Waals surface area contributed by atoms with E-state index >= 15 is 0 Å². The topological polar surface area (TPSA) is 54.3 Å². The van der Waals surface area contributed by atoms with Crippen LogP contribution in [0.4, 0.5) is 5.95 Å². The van der Waals surface area contributed by atoms with Gasteiger partial charge in [0.25, 0.3) is 5.91 Å². The lowest BCUT2D eigenvalue weighted by atomic mass is 10.1. The number of fused-ring (bicyclic) bond motifs is 1. The molecule has 152 valence electrons. The number of aromatic nitrogens is 3. The van der Waals surface area contributed by atoms with Gasteiger partial charge in [0.1, 0.15) is 10.3 Å². The molecule has 1 saturated heterocycles. The molecule has 0 unspecified atom stereocenters. The summed E-state index contributed by atoms with van der Waals surface area (Å²) in [6.07, 6.45) is 5.60. The zero-order valence-corrected chi connectivity index (χ0v) is 17.8. The number of benzene rings is 1. The number of carbonyl (C=O) groups excluding carboxylic acids is 1. The highest BCUT2D eigenvalue weighted by Gasteiger charge is 2.32. The molecule has 1 amide bonds. The number of rotatable bonds is 4. The first-order chi connectivity index (χ1) is 14.6. The molecule has 7 heteroatoms. The zero-order chi connectivity index (χ0) is 20.7. The molecule has 1 fully saturated rings. The molecule has 5 rings (SSSR count). The molecule has 0 saturated carbocycles. The number of nitrogens with zero attached hydrogens (tertiary/aromatic N) is 5. The Labute approximate surface area is 179 Å². The lowest BCUT2D eigenvalue weighted by Gasteiger charge is -2.24. The number of hydrogen-bond donors (Lipinski definition) is 0. The van der Waals surface area contributed by atoms with Gasteiger partial charge >= 0.3 is 0 Å². The fraction of sp³-hybridized carbons (Fsp3) is 0.261. The maximum Gasteiger partial charge on any atom is 0.264 e. The molecule has 4 heterocycles. The molecule has 0 aliphatic carbocycles. The summed E-state index contributed by atoms with van der Waals surface area (Å²) < 4.78 is 2.13. The number of hydrogen-bond acceptors (Lipinski definition) is 5. The number of amides is 1. The van der Waals surface area contributed by atoms with Crippen LogP contribution in [0, 0.1) is 0 Å². The fourth-order valence-corrected chi connectivity index (χ4v) is 5.23. The summed E-state index contributed by atoms with van der Waals surface area (Å²) in [5.41, 5.74) is 3.05. The summed E-state index contributed by atoms with van der Waals surface area (Å²) in [4.78, 5) is 28.1. The van der Waals surface area contributed by atoms with Crippen molar-refractivity contribution in [1.82, 2.24) is 19.4 Å². The standard InChI is InChI=1S/C23H23N5OS/c1-26(2)23-25-18-15-20(30-22(18)28(23)17-7-4-3-5-8-17)21(29)27-14-6-9-19(27)16-10-12-24-13-11-16/h3-5,7-8,10-13,15,19H,6,9,14H2,1-2H3/t19-/m1/s1. The second kappa shape index (κ2) is 7.57. The SMILES string of the molecule is CN(C)c1nc2cc(C(=O)N3CCC[C@@H]3c3ccncc3)sc2n1-c1ccccc1. The molecule has 1 atom stereocenters. The van der Waals surface area contributed by atoms with Crippen LogP contribution in [0.3, 0.4) is 0 Å². The van der Waals surface area contributed by atoms with Crippen molar-refractivity contribution >= 4 is 33.5 Å². The molecule has 4 aromatic rings. The van der Waals surface area contributed by atoms with Crippen molar-refractivity contribution in [3.8, 4) is 5.69 Å². The lowest BCUT2D eigenvalue weighted by molar-refractivity contribution is 0.0740. The van der Waals surface area contributed by atoms with Crippen LogP contribution in [0.1, 0.15) is 34.1 Å². The lowest BCUT2D eigenvalue weighted by Crippen LogP contribution is -2.29. The zero-order valence-electron chi connectivity index (χ0n) is 17.0. The van der Waals surface area contributed by atoms with Crippen molar-refractivity contribution < 1.29 is 4.79 Å². The maximum atomic E-state index is 13.4. The van der Waals surface area contributed by atoms with Crippen LogP contribution >= 0.6 is 11.3 Å². The Morgan fingerprint density at radius 2 is 1.90 bits per heavy atom. The molecule has 0 N–H and O–H groups in total. The molecule has 3 aromatic heterocycles. The highest BCUT2D eigenvalue weighted by atomic mass is 32.1. The number of likely N-dealkylation sites (tertiary alicyclic amines) is 1. The van der Waals surface area contributed by atoms with Crippen LogP contribution < -0.4 is 4.90 Å². The molecular formula is C23H23N5OS. The Hall–Kier alpha value is -3.19. The molecular weight excluding hydrogens is 394 g/mol. The Morgan fingerprint density at radius 3 is 2.63 bits per heavy atom. The average Bonchev–Trinajstić information content (AvgIpc) is 3.48. The average molecular weight is 418 g/mol. The Balaban J connectivity index is 1.54. The van der Waals surface area contributed by atoms with Crippen LogP contribution in [0.25, 0.3) is 16.0 Å². The molecule has 1 aliphatic heterocycles. The summed E-state index contributed by atoms with van der Waals surface area (Å²) in [5, 5.41) is 0. The number of pyridine rings is 1. The van der Waals surface area contributed by atoms with Gasteiger partial charge < -0.3 is 9.80 Å². The molecule has 30 heavy (non-hydrogen) atoms. The first-order valence-corrected chi connectivity index (χ1v) is 10.9. The largest absolute Gasteiger partial charge is 0.348 e. The van der Waals surface area contributed by atoms with Crippen LogP contribution in [0.2, 0.25) is 0 Å². The third-order valence-electron chi connectivity index (χ3n) is 5.55. The summed E-state index contributed by atoms with van der Waals surface area (Å²) in [5.74, 6) is 0.945. The van der Waals surface area contributed by atoms with Gasteiger partial charge in [-0.05, 0) is 48.7 Å². The van der Waals surface area contributed by atoms with E-state index in [0.29, 0.717) is 0 Å². The molecule has 1 aromatic carbocycles. The van der Waals surface area contributed by atoms with Crippen LogP contribution in [0.15, 0.2) is 60.9 Å². The quantitative estimate of drug-likeness (QED) is 0.490. The van der Waals surface area contributed by atoms with Crippen molar-refractivity contribution in [2.24, 2.45) is 0 Å². The van der Waals surface area contributed by atoms with Crippen molar-refractivity contribution in [1.29, 1.82) is 0 Å². The maximum absolute atomic E-state index is 13.4. The van der Waals surface area contributed by atoms with Gasteiger partial charge in [0.15, 0.2) is 0 Å². The van der Waals surface area contributed by atoms with E-state index in [4.69, 9.17) is 4.98 Å². The third-order valence-corrected chi connectivity index (χ3v) is 6.64. The first kappa shape index (κ1) is 18.8. The highest BCUT2D eigenvalue weighted by Crippen LogP contribution is 2.37. The number of anilines is 1.